The number of terminal acetylenes is 2. The van der Waals surface area contributed by atoms with Crippen molar-refractivity contribution < 1.29 is 0 Å². The third kappa shape index (κ3) is 11.7. The Balaban J connectivity index is 1.45. The molecule has 0 aliphatic heterocycles. The molecule has 7 aromatic rings. The van der Waals surface area contributed by atoms with Crippen LogP contribution < -0.4 is 91.7 Å². The maximum Gasteiger partial charge on any atom is 0.149 e. The van der Waals surface area contributed by atoms with Crippen LogP contribution in [0.1, 0.15) is 30.0 Å². The predicted molar refractivity (Wildman–Crippen MR) is 506 cm³/mol. The molecule has 1 unspecified atom stereocenters. The molecule has 428 valence electrons. The molecule has 0 saturated carbocycles. The van der Waals surface area contributed by atoms with E-state index in [0.717, 1.165) is 67.5 Å². The molecule has 0 amide bonds. The van der Waals surface area contributed by atoms with Crippen LogP contribution in [0.3, 0.4) is 0 Å². The van der Waals surface area contributed by atoms with Gasteiger partial charge in [0.15, 0.2) is 0 Å². The van der Waals surface area contributed by atoms with Gasteiger partial charge in [0.25, 0.3) is 0 Å². The van der Waals surface area contributed by atoms with Crippen LogP contribution in [0.5, 0.6) is 0 Å². The minimum absolute atomic E-state index is 0.168. The molecule has 94 heavy (non-hydrogen) atoms. The second kappa shape index (κ2) is 27.4. The van der Waals surface area contributed by atoms with E-state index in [1.54, 1.807) is 0 Å². The highest BCUT2D eigenvalue weighted by atomic mass is 15.2. The van der Waals surface area contributed by atoms with Crippen molar-refractivity contribution in [2.24, 2.45) is 0 Å². The first-order valence-electron chi connectivity index (χ1n) is 34.2. The Morgan fingerprint density at radius 2 is 0.979 bits per heavy atom. The van der Waals surface area contributed by atoms with Gasteiger partial charge in [-0.2, -0.15) is 5.37 Å². The quantitative estimate of drug-likeness (QED) is 0.0437. The fourth-order valence-electron chi connectivity index (χ4n) is 16.0. The van der Waals surface area contributed by atoms with Crippen LogP contribution in [-0.2, 0) is 0 Å². The number of nitrogens with zero attached hydrogens (tertiary/aromatic N) is 2. The summed E-state index contributed by atoms with van der Waals surface area (Å²) >= 11 is 0. The van der Waals surface area contributed by atoms with E-state index >= 15 is 0 Å². The Labute approximate surface area is 590 Å². The summed E-state index contributed by atoms with van der Waals surface area (Å²) in [6.07, 6.45) is 19.9. The smallest absolute Gasteiger partial charge is 0.149 e. The number of hydrogen-bond acceptors (Lipinski definition) is 2. The number of hydrogen-bond donors (Lipinski definition) is 0. The van der Waals surface area contributed by atoms with Gasteiger partial charge < -0.3 is 9.80 Å². The molecule has 2 aliphatic carbocycles. The molecule has 0 N–H and O–H groups in total. The lowest BCUT2D eigenvalue weighted by atomic mass is 9.59. The van der Waals surface area contributed by atoms with Gasteiger partial charge in [0, 0.05) is 45.4 Å². The molecule has 0 aromatic heterocycles. The molecule has 2 nitrogen and oxygen atoms in total. The second-order valence-corrected chi connectivity index (χ2v) is 28.4. The van der Waals surface area contributed by atoms with Gasteiger partial charge in [0.05, 0.1) is 11.4 Å². The van der Waals surface area contributed by atoms with Crippen LogP contribution in [0, 0.1) is 24.7 Å². The van der Waals surface area contributed by atoms with E-state index in [4.69, 9.17) is 19.4 Å². The van der Waals surface area contributed by atoms with Crippen molar-refractivity contribution >= 4 is 362 Å². The molecule has 0 radical (unpaired) electrons. The molecule has 1 atom stereocenters. The van der Waals surface area contributed by atoms with Crippen LogP contribution >= 0.6 is 0 Å². The standard InChI is InChI=1S/C64H78B28N2/c1-5-28(66)40(68)41(69)33(18-65)93(29(6-2)26(20(4)39(67)48(76)62(90)64(91)92)15-19(3)34-42(70)49(77)55(83)50(78)43(34)71)30-13-9-21-8-12-25-31(14-10-22-7-11-24(30)35(21)36(22)25)94(63-60(88)58(86)59(87)61(63)89)32-17-23(37-44(72)51(79)56(84)52(80)45(37)73)16-27(32)38-46(74)53(81)57(85)54(82)47(38)75/h1-2,7-16,60H,4,17-18,65-92H2,3H3/b19-15+,29-26-,40-28-,41-33-,48-39-. The molecule has 0 heterocycles. The van der Waals surface area contributed by atoms with Gasteiger partial charge >= 0.3 is 0 Å². The van der Waals surface area contributed by atoms with E-state index in [1.807, 2.05) is 7.85 Å². The zero-order valence-corrected chi connectivity index (χ0v) is 63.0. The van der Waals surface area contributed by atoms with E-state index < -0.39 is 0 Å². The molecule has 0 saturated heterocycles. The molecule has 7 aromatic carbocycles. The lowest BCUT2D eigenvalue weighted by Crippen LogP contribution is -2.56. The highest BCUT2D eigenvalue weighted by Crippen LogP contribution is 2.51. The van der Waals surface area contributed by atoms with Gasteiger partial charge in [0.1, 0.15) is 225 Å². The monoisotopic (exact) mass is 1180 g/mol. The first-order valence-corrected chi connectivity index (χ1v) is 34.2. The summed E-state index contributed by atoms with van der Waals surface area (Å²) in [7, 11) is 63.8. The SMILES string of the molecule is BC/C(=C(B)\C(B)=C(\B)C#C)N(/C(C#C)=C(/C=C(\C)c1c(B)c(B)c(B)c(B)c1B)C(=C)/C(B)=C(/B)C(B)=C(B)B)c1ccc2ccc3c(N(C4=C(c5c(B)c(B)c(B)c(B)c5B)C=C(c5c(B)c(B)c(B)c(B)c5B)C4)C4=C(B)C(B)=C(B)C4B)ccc4ccc1c2c43. The van der Waals surface area contributed by atoms with Crippen molar-refractivity contribution in [3.63, 3.8) is 0 Å². The van der Waals surface area contributed by atoms with E-state index in [1.165, 1.54) is 187 Å². The Morgan fingerprint density at radius 1 is 0.532 bits per heavy atom. The van der Waals surface area contributed by atoms with Crippen molar-refractivity contribution in [1.82, 2.24) is 0 Å². The Hall–Kier alpha value is -6.74. The normalized spacial score (nSPS) is 15.4. The summed E-state index contributed by atoms with van der Waals surface area (Å²) in [4.78, 5) is 5.17. The van der Waals surface area contributed by atoms with Crippen molar-refractivity contribution in [3.05, 3.63) is 173 Å². The molecule has 0 fully saturated rings. The molecule has 9 rings (SSSR count). The van der Waals surface area contributed by atoms with Gasteiger partial charge in [0.2, 0.25) is 0 Å². The topological polar surface area (TPSA) is 6.48 Å². The van der Waals surface area contributed by atoms with Crippen LogP contribution in [0.25, 0.3) is 49.0 Å². The van der Waals surface area contributed by atoms with Crippen molar-refractivity contribution in [2.45, 2.75) is 25.5 Å². The molecule has 0 spiro atoms. The van der Waals surface area contributed by atoms with Crippen LogP contribution in [0.15, 0.2) is 156 Å². The summed E-state index contributed by atoms with van der Waals surface area (Å²) in [6, 6.07) is 18.9. The number of allylic oxidation sites excluding steroid dienone is 18. The maximum atomic E-state index is 7.28. The highest BCUT2D eigenvalue weighted by molar-refractivity contribution is 6.71. The minimum Gasteiger partial charge on any atom is -0.317 e. The Bertz CT molecular complexity index is 4910. The van der Waals surface area contributed by atoms with Gasteiger partial charge in [-0.05, 0) is 104 Å². The minimum atomic E-state index is 0.168. The number of rotatable bonds is 15. The lowest BCUT2D eigenvalue weighted by molar-refractivity contribution is 0.998. The van der Waals surface area contributed by atoms with Gasteiger partial charge in [-0.25, -0.2) is 0 Å². The summed E-state index contributed by atoms with van der Waals surface area (Å²) in [5.74, 6) is 6.61. The zero-order chi connectivity index (χ0) is 69.6. The average Bonchev–Trinajstić information content (AvgIpc) is 1.14. The summed E-state index contributed by atoms with van der Waals surface area (Å²) in [6.45, 7) is 7.32. The van der Waals surface area contributed by atoms with Crippen LogP contribution in [0.4, 0.5) is 11.4 Å². The fourth-order valence-corrected chi connectivity index (χ4v) is 16.0. The Kier molecular flexibility index (Phi) is 20.9. The van der Waals surface area contributed by atoms with Crippen molar-refractivity contribution in [2.75, 3.05) is 9.80 Å². The fraction of sp³-hybridized carbons (Fsp3) is 0.0625. The summed E-state index contributed by atoms with van der Waals surface area (Å²) in [5.41, 5.74) is 47.1. The van der Waals surface area contributed by atoms with E-state index in [0.29, 0.717) is 6.32 Å². The number of benzene rings is 7. The van der Waals surface area contributed by atoms with Crippen molar-refractivity contribution in [1.29, 1.82) is 0 Å². The summed E-state index contributed by atoms with van der Waals surface area (Å²) < 4.78 is 0. The molecule has 30 heteroatoms. The van der Waals surface area contributed by atoms with Gasteiger partial charge in [-0.15, -0.1) is 83.9 Å². The largest absolute Gasteiger partial charge is 0.317 e. The van der Waals surface area contributed by atoms with Crippen LogP contribution in [0.2, 0.25) is 12.1 Å². The third-order valence-electron chi connectivity index (χ3n) is 24.2. The average molecular weight is 1180 g/mol. The highest BCUT2D eigenvalue weighted by Gasteiger charge is 2.37. The second-order valence-electron chi connectivity index (χ2n) is 28.4. The molecular weight excluding hydrogens is 1100 g/mol. The lowest BCUT2D eigenvalue weighted by Gasteiger charge is -2.36. The van der Waals surface area contributed by atoms with Gasteiger partial charge in [-0.3, -0.25) is 0 Å². The van der Waals surface area contributed by atoms with Gasteiger partial charge in [-0.1, -0.05) is 109 Å². The molecule has 0 bridgehead atoms. The first-order chi connectivity index (χ1) is 44.1. The predicted octanol–water partition coefficient (Wildman–Crippen LogP) is -23.2. The van der Waals surface area contributed by atoms with E-state index in [9.17, 15) is 0 Å². The first kappa shape index (κ1) is 71.5. The van der Waals surface area contributed by atoms with E-state index in [-0.39, 0.29) is 5.82 Å². The molecule has 2 aliphatic rings. The number of anilines is 2. The maximum absolute atomic E-state index is 7.28. The zero-order valence-electron chi connectivity index (χ0n) is 63.0. The van der Waals surface area contributed by atoms with Crippen LogP contribution in [-0.4, -0.2) is 220 Å². The Morgan fingerprint density at radius 3 is 1.43 bits per heavy atom. The molecular formula is C64H78B28N2. The summed E-state index contributed by atoms with van der Waals surface area (Å²) in [5, 5.41) is 8.38. The van der Waals surface area contributed by atoms with E-state index in [2.05, 4.69) is 301 Å². The third-order valence-corrected chi connectivity index (χ3v) is 24.2. The van der Waals surface area contributed by atoms with Crippen molar-refractivity contribution in [3.8, 4) is 24.7 Å².